The number of benzene rings is 1. The number of fused-ring (bicyclic) bond motifs is 1. The smallest absolute Gasteiger partial charge is 0.0810 e. The van der Waals surface area contributed by atoms with Crippen LogP contribution in [0.15, 0.2) is 35.7 Å². The third-order valence-corrected chi connectivity index (χ3v) is 6.39. The van der Waals surface area contributed by atoms with Crippen molar-refractivity contribution in [2.24, 2.45) is 5.73 Å². The standard InChI is InChI=1S/C23H33NO3S/c24-16-21(4-1-2-10-25)19-6-7-20-15-22(9-8-18(20)14-19)27-12-11-26-17-23-5-3-13-28-23/h3,5-7,13-14,21-22,25H,1-2,4,8-12,15-17,24H2/t21-,22+/m0/s1. The molecule has 2 atom stereocenters. The number of ether oxygens (including phenoxy) is 2. The molecule has 0 radical (unpaired) electrons. The molecule has 5 heteroatoms. The summed E-state index contributed by atoms with van der Waals surface area (Å²) in [7, 11) is 0. The molecular weight excluding hydrogens is 370 g/mol. The Morgan fingerprint density at radius 1 is 1.18 bits per heavy atom. The van der Waals surface area contributed by atoms with Gasteiger partial charge < -0.3 is 20.3 Å². The van der Waals surface area contributed by atoms with Crippen LogP contribution in [0.25, 0.3) is 0 Å². The first kappa shape index (κ1) is 21.5. The van der Waals surface area contributed by atoms with Crippen molar-refractivity contribution in [1.29, 1.82) is 0 Å². The number of hydrogen-bond donors (Lipinski definition) is 2. The van der Waals surface area contributed by atoms with Gasteiger partial charge in [0.05, 0.1) is 25.9 Å². The second kappa shape index (κ2) is 11.7. The number of thiophene rings is 1. The Morgan fingerprint density at radius 3 is 2.89 bits per heavy atom. The summed E-state index contributed by atoms with van der Waals surface area (Å²) in [6.45, 7) is 2.91. The summed E-state index contributed by atoms with van der Waals surface area (Å²) in [5.41, 5.74) is 10.2. The molecule has 0 fully saturated rings. The summed E-state index contributed by atoms with van der Waals surface area (Å²) in [5.74, 6) is 0.395. The predicted octanol–water partition coefficient (Wildman–Crippen LogP) is 4.04. The molecular formula is C23H33NO3S. The number of hydrogen-bond acceptors (Lipinski definition) is 5. The van der Waals surface area contributed by atoms with Crippen LogP contribution in [0.5, 0.6) is 0 Å². The SMILES string of the molecule is NC[C@H](CCCCO)c1ccc2c(c1)CC[C@@H](OCCOCc1cccs1)C2. The third kappa shape index (κ3) is 6.39. The zero-order valence-corrected chi connectivity index (χ0v) is 17.5. The maximum absolute atomic E-state index is 8.99. The minimum absolute atomic E-state index is 0.266. The first-order valence-corrected chi connectivity index (χ1v) is 11.3. The monoisotopic (exact) mass is 403 g/mol. The van der Waals surface area contributed by atoms with Crippen LogP contribution in [-0.2, 0) is 28.9 Å². The van der Waals surface area contributed by atoms with E-state index in [-0.39, 0.29) is 6.61 Å². The van der Waals surface area contributed by atoms with Gasteiger partial charge in [0, 0.05) is 11.5 Å². The summed E-state index contributed by atoms with van der Waals surface area (Å²) in [6, 6.07) is 11.0. The molecule has 4 nitrogen and oxygen atoms in total. The highest BCUT2D eigenvalue weighted by molar-refractivity contribution is 7.09. The van der Waals surface area contributed by atoms with Crippen molar-refractivity contribution in [3.8, 4) is 0 Å². The number of aliphatic hydroxyl groups excluding tert-OH is 1. The maximum atomic E-state index is 8.99. The molecule has 2 aromatic rings. The van der Waals surface area contributed by atoms with Crippen LogP contribution < -0.4 is 5.73 Å². The molecule has 1 heterocycles. The first-order chi connectivity index (χ1) is 13.8. The van der Waals surface area contributed by atoms with Gasteiger partial charge >= 0.3 is 0 Å². The van der Waals surface area contributed by atoms with Crippen LogP contribution in [-0.4, -0.2) is 37.6 Å². The van der Waals surface area contributed by atoms with E-state index in [4.69, 9.17) is 20.3 Å². The van der Waals surface area contributed by atoms with E-state index in [1.54, 1.807) is 11.3 Å². The molecule has 3 N–H and O–H groups in total. The van der Waals surface area contributed by atoms with Crippen molar-refractivity contribution in [2.75, 3.05) is 26.4 Å². The van der Waals surface area contributed by atoms with Crippen LogP contribution in [0, 0.1) is 0 Å². The average Bonchev–Trinajstić information content (AvgIpc) is 3.24. The van der Waals surface area contributed by atoms with Crippen LogP contribution in [0.4, 0.5) is 0 Å². The fourth-order valence-electron chi connectivity index (χ4n) is 3.90. The Labute approximate surface area is 172 Å². The molecule has 0 amide bonds. The summed E-state index contributed by atoms with van der Waals surface area (Å²) >= 11 is 1.73. The Hall–Kier alpha value is -1.24. The topological polar surface area (TPSA) is 64.7 Å². The molecule has 0 unspecified atom stereocenters. The van der Waals surface area contributed by atoms with Gasteiger partial charge in [-0.2, -0.15) is 0 Å². The minimum atomic E-state index is 0.266. The van der Waals surface area contributed by atoms with E-state index < -0.39 is 0 Å². The molecule has 0 spiro atoms. The first-order valence-electron chi connectivity index (χ1n) is 10.4. The van der Waals surface area contributed by atoms with E-state index in [2.05, 4.69) is 35.7 Å². The quantitative estimate of drug-likeness (QED) is 0.525. The highest BCUT2D eigenvalue weighted by Gasteiger charge is 2.20. The van der Waals surface area contributed by atoms with Crippen LogP contribution in [0.1, 0.15) is 53.2 Å². The van der Waals surface area contributed by atoms with Gasteiger partial charge in [0.15, 0.2) is 0 Å². The van der Waals surface area contributed by atoms with Gasteiger partial charge in [-0.25, -0.2) is 0 Å². The fraction of sp³-hybridized carbons (Fsp3) is 0.565. The van der Waals surface area contributed by atoms with Crippen molar-refractivity contribution in [2.45, 2.75) is 57.2 Å². The van der Waals surface area contributed by atoms with Gasteiger partial charge in [0.2, 0.25) is 0 Å². The van der Waals surface area contributed by atoms with Gasteiger partial charge in [0.1, 0.15) is 0 Å². The van der Waals surface area contributed by atoms with Gasteiger partial charge in [-0.05, 0) is 72.7 Å². The van der Waals surface area contributed by atoms with E-state index in [9.17, 15) is 0 Å². The normalized spacial score (nSPS) is 17.4. The number of rotatable bonds is 12. The van der Waals surface area contributed by atoms with E-state index >= 15 is 0 Å². The van der Waals surface area contributed by atoms with Crippen LogP contribution >= 0.6 is 11.3 Å². The Bertz CT molecular complexity index is 689. The Balaban J connectivity index is 1.43. The Kier molecular flexibility index (Phi) is 8.96. The molecule has 0 saturated carbocycles. The van der Waals surface area contributed by atoms with Crippen LogP contribution in [0.2, 0.25) is 0 Å². The highest BCUT2D eigenvalue weighted by Crippen LogP contribution is 2.28. The lowest BCUT2D eigenvalue weighted by Gasteiger charge is -2.26. The number of unbranched alkanes of at least 4 members (excludes halogenated alkanes) is 1. The molecule has 1 aliphatic rings. The molecule has 3 rings (SSSR count). The molecule has 1 aromatic carbocycles. The number of aryl methyl sites for hydroxylation is 1. The lowest BCUT2D eigenvalue weighted by atomic mass is 9.85. The predicted molar refractivity (Wildman–Crippen MR) is 115 cm³/mol. The van der Waals surface area contributed by atoms with Gasteiger partial charge in [0.25, 0.3) is 0 Å². The zero-order valence-electron chi connectivity index (χ0n) is 16.6. The van der Waals surface area contributed by atoms with Gasteiger partial charge in [-0.1, -0.05) is 30.7 Å². The maximum Gasteiger partial charge on any atom is 0.0810 e. The summed E-state index contributed by atoms with van der Waals surface area (Å²) in [6.07, 6.45) is 6.35. The molecule has 28 heavy (non-hydrogen) atoms. The lowest BCUT2D eigenvalue weighted by Crippen LogP contribution is -2.24. The molecule has 1 aliphatic carbocycles. The second-order valence-electron chi connectivity index (χ2n) is 7.55. The van der Waals surface area contributed by atoms with E-state index in [1.807, 2.05) is 0 Å². The molecule has 0 bridgehead atoms. The van der Waals surface area contributed by atoms with E-state index in [0.29, 0.717) is 38.4 Å². The second-order valence-corrected chi connectivity index (χ2v) is 8.58. The van der Waals surface area contributed by atoms with Crippen LogP contribution in [0.3, 0.4) is 0 Å². The van der Waals surface area contributed by atoms with Gasteiger partial charge in [-0.15, -0.1) is 11.3 Å². The molecule has 154 valence electrons. The molecule has 0 aliphatic heterocycles. The van der Waals surface area contributed by atoms with Crippen molar-refractivity contribution in [1.82, 2.24) is 0 Å². The third-order valence-electron chi connectivity index (χ3n) is 5.54. The van der Waals surface area contributed by atoms with Gasteiger partial charge in [-0.3, -0.25) is 0 Å². The fourth-order valence-corrected chi connectivity index (χ4v) is 4.54. The highest BCUT2D eigenvalue weighted by atomic mass is 32.1. The van der Waals surface area contributed by atoms with E-state index in [1.165, 1.54) is 21.6 Å². The largest absolute Gasteiger partial charge is 0.396 e. The van der Waals surface area contributed by atoms with E-state index in [0.717, 1.165) is 38.5 Å². The van der Waals surface area contributed by atoms with Crippen molar-refractivity contribution >= 4 is 11.3 Å². The van der Waals surface area contributed by atoms with Crippen molar-refractivity contribution < 1.29 is 14.6 Å². The number of nitrogens with two attached hydrogens (primary N) is 1. The minimum Gasteiger partial charge on any atom is -0.396 e. The average molecular weight is 404 g/mol. The number of aliphatic hydroxyl groups is 1. The summed E-state index contributed by atoms with van der Waals surface area (Å²) in [5, 5.41) is 11.1. The lowest BCUT2D eigenvalue weighted by molar-refractivity contribution is -0.00412. The van der Waals surface area contributed by atoms with Crippen molar-refractivity contribution in [3.63, 3.8) is 0 Å². The Morgan fingerprint density at radius 2 is 2.11 bits per heavy atom. The summed E-state index contributed by atoms with van der Waals surface area (Å²) < 4.78 is 11.7. The van der Waals surface area contributed by atoms with Crippen molar-refractivity contribution in [3.05, 3.63) is 57.3 Å². The summed E-state index contributed by atoms with van der Waals surface area (Å²) in [4.78, 5) is 1.26. The molecule has 1 aromatic heterocycles. The molecule has 0 saturated heterocycles. The zero-order chi connectivity index (χ0) is 19.6.